The van der Waals surface area contributed by atoms with Crippen molar-refractivity contribution < 1.29 is 10.0 Å². The second-order valence-corrected chi connectivity index (χ2v) is 3.59. The number of nitro groups is 1. The monoisotopic (exact) mass is 218 g/mol. The SMILES string of the molecule is [CH2][C@](C)(O)Cn1cc([N+](=O)[O-])nc1Cl. The Labute approximate surface area is 85.3 Å². The molecule has 14 heavy (non-hydrogen) atoms. The predicted octanol–water partition coefficient (Wildman–Crippen LogP) is 1.03. The number of imidazole rings is 1. The number of halogens is 1. The molecule has 1 N–H and O–H groups in total. The molecule has 0 saturated heterocycles. The van der Waals surface area contributed by atoms with Gasteiger partial charge in [0.1, 0.15) is 6.20 Å². The fourth-order valence-electron chi connectivity index (χ4n) is 0.946. The molecule has 1 aromatic rings. The van der Waals surface area contributed by atoms with E-state index in [0.29, 0.717) is 0 Å². The summed E-state index contributed by atoms with van der Waals surface area (Å²) < 4.78 is 1.27. The smallest absolute Gasteiger partial charge is 0.383 e. The van der Waals surface area contributed by atoms with Crippen LogP contribution in [0.1, 0.15) is 6.92 Å². The van der Waals surface area contributed by atoms with Gasteiger partial charge in [-0.3, -0.25) is 4.57 Å². The van der Waals surface area contributed by atoms with E-state index in [2.05, 4.69) is 11.9 Å². The van der Waals surface area contributed by atoms with E-state index in [9.17, 15) is 15.2 Å². The van der Waals surface area contributed by atoms with Crippen molar-refractivity contribution in [2.75, 3.05) is 0 Å². The van der Waals surface area contributed by atoms with E-state index in [4.69, 9.17) is 11.6 Å². The Hall–Kier alpha value is -1.14. The maximum absolute atomic E-state index is 10.3. The standard InChI is InChI=1S/C7H9ClN3O3/c1-7(2,12)4-10-3-5(11(13)14)9-6(10)8/h3,12H,1,4H2,2H3/t7-/m1/s1. The van der Waals surface area contributed by atoms with E-state index in [1.807, 2.05) is 0 Å². The van der Waals surface area contributed by atoms with E-state index in [-0.39, 0.29) is 17.6 Å². The van der Waals surface area contributed by atoms with Crippen LogP contribution in [0.2, 0.25) is 5.28 Å². The first kappa shape index (κ1) is 10.9. The van der Waals surface area contributed by atoms with Gasteiger partial charge in [-0.05, 0) is 35.4 Å². The van der Waals surface area contributed by atoms with Crippen molar-refractivity contribution in [3.63, 3.8) is 0 Å². The van der Waals surface area contributed by atoms with Crippen LogP contribution in [-0.4, -0.2) is 25.2 Å². The first-order chi connectivity index (χ1) is 6.29. The summed E-state index contributed by atoms with van der Waals surface area (Å²) in [6.07, 6.45) is 1.15. The van der Waals surface area contributed by atoms with Crippen molar-refractivity contribution in [1.29, 1.82) is 0 Å². The summed E-state index contributed by atoms with van der Waals surface area (Å²) in [6.45, 7) is 4.96. The Morgan fingerprint density at radius 2 is 2.50 bits per heavy atom. The zero-order valence-corrected chi connectivity index (χ0v) is 8.23. The second kappa shape index (κ2) is 3.55. The van der Waals surface area contributed by atoms with Crippen molar-refractivity contribution in [3.8, 4) is 0 Å². The van der Waals surface area contributed by atoms with Crippen molar-refractivity contribution in [2.45, 2.75) is 19.1 Å². The van der Waals surface area contributed by atoms with Gasteiger partial charge in [0.25, 0.3) is 0 Å². The first-order valence-corrected chi connectivity index (χ1v) is 4.12. The molecular weight excluding hydrogens is 210 g/mol. The van der Waals surface area contributed by atoms with Gasteiger partial charge < -0.3 is 15.2 Å². The molecular formula is C7H9ClN3O3. The van der Waals surface area contributed by atoms with Crippen LogP contribution >= 0.6 is 11.6 Å². The van der Waals surface area contributed by atoms with E-state index >= 15 is 0 Å². The summed E-state index contributed by atoms with van der Waals surface area (Å²) in [6, 6.07) is 0. The minimum atomic E-state index is -1.24. The maximum atomic E-state index is 10.3. The van der Waals surface area contributed by atoms with Crippen LogP contribution < -0.4 is 0 Å². The number of nitrogens with zero attached hydrogens (tertiary/aromatic N) is 3. The molecule has 0 fully saturated rings. The molecule has 6 nitrogen and oxygen atoms in total. The summed E-state index contributed by atoms with van der Waals surface area (Å²) in [7, 11) is 0. The van der Waals surface area contributed by atoms with E-state index < -0.39 is 10.5 Å². The predicted molar refractivity (Wildman–Crippen MR) is 49.9 cm³/mol. The van der Waals surface area contributed by atoms with Gasteiger partial charge in [-0.2, -0.15) is 0 Å². The number of aromatic nitrogens is 2. The van der Waals surface area contributed by atoms with Gasteiger partial charge in [0, 0.05) is 0 Å². The van der Waals surface area contributed by atoms with Crippen LogP contribution in [0, 0.1) is 17.0 Å². The third-order valence-electron chi connectivity index (χ3n) is 1.41. The molecule has 1 heterocycles. The van der Waals surface area contributed by atoms with Crippen LogP contribution in [0.25, 0.3) is 0 Å². The van der Waals surface area contributed by atoms with Gasteiger partial charge in [-0.1, -0.05) is 0 Å². The van der Waals surface area contributed by atoms with Crippen LogP contribution in [0.15, 0.2) is 6.20 Å². The molecule has 1 radical (unpaired) electrons. The molecule has 0 aromatic carbocycles. The number of aliphatic hydroxyl groups is 1. The maximum Gasteiger partial charge on any atom is 0.383 e. The zero-order chi connectivity index (χ0) is 10.9. The van der Waals surface area contributed by atoms with Gasteiger partial charge in [-0.15, -0.1) is 0 Å². The van der Waals surface area contributed by atoms with E-state index in [1.54, 1.807) is 0 Å². The lowest BCUT2D eigenvalue weighted by Gasteiger charge is -2.16. The third kappa shape index (κ3) is 2.68. The van der Waals surface area contributed by atoms with Gasteiger partial charge >= 0.3 is 11.1 Å². The highest BCUT2D eigenvalue weighted by Gasteiger charge is 2.21. The minimum absolute atomic E-state index is 0.0411. The van der Waals surface area contributed by atoms with Gasteiger partial charge in [0.15, 0.2) is 0 Å². The molecule has 1 atom stereocenters. The van der Waals surface area contributed by atoms with Crippen molar-refractivity contribution in [3.05, 3.63) is 28.5 Å². The molecule has 0 aliphatic carbocycles. The summed E-state index contributed by atoms with van der Waals surface area (Å²) in [5.41, 5.74) is -1.24. The van der Waals surface area contributed by atoms with E-state index in [0.717, 1.165) is 6.20 Å². The molecule has 7 heteroatoms. The molecule has 0 aliphatic heterocycles. The molecule has 0 spiro atoms. The van der Waals surface area contributed by atoms with Crippen molar-refractivity contribution >= 4 is 17.4 Å². The third-order valence-corrected chi connectivity index (χ3v) is 1.71. The van der Waals surface area contributed by atoms with Gasteiger partial charge in [0.2, 0.25) is 0 Å². The fraction of sp³-hybridized carbons (Fsp3) is 0.429. The molecule has 77 valence electrons. The van der Waals surface area contributed by atoms with Crippen LogP contribution in [0.4, 0.5) is 5.82 Å². The average Bonchev–Trinajstić information content (AvgIpc) is 2.29. The second-order valence-electron chi connectivity index (χ2n) is 3.25. The van der Waals surface area contributed by atoms with Crippen molar-refractivity contribution in [1.82, 2.24) is 9.55 Å². The lowest BCUT2D eigenvalue weighted by molar-refractivity contribution is -0.389. The summed E-state index contributed by atoms with van der Waals surface area (Å²) in [4.78, 5) is 13.2. The molecule has 0 unspecified atom stereocenters. The Kier molecular flexibility index (Phi) is 2.77. The minimum Gasteiger partial charge on any atom is -0.388 e. The quantitative estimate of drug-likeness (QED) is 0.607. The largest absolute Gasteiger partial charge is 0.388 e. The lowest BCUT2D eigenvalue weighted by atomic mass is 10.1. The molecule has 0 amide bonds. The molecule has 1 aromatic heterocycles. The Balaban J connectivity index is 2.94. The number of hydrogen-bond donors (Lipinski definition) is 1. The Morgan fingerprint density at radius 3 is 2.86 bits per heavy atom. The van der Waals surface area contributed by atoms with Crippen molar-refractivity contribution in [2.24, 2.45) is 0 Å². The zero-order valence-electron chi connectivity index (χ0n) is 7.47. The fourth-order valence-corrected chi connectivity index (χ4v) is 1.14. The highest BCUT2D eigenvalue weighted by molar-refractivity contribution is 6.28. The topological polar surface area (TPSA) is 81.2 Å². The first-order valence-electron chi connectivity index (χ1n) is 3.74. The molecule has 0 bridgehead atoms. The van der Waals surface area contributed by atoms with Crippen LogP contribution in [0.5, 0.6) is 0 Å². The van der Waals surface area contributed by atoms with Crippen LogP contribution in [-0.2, 0) is 6.54 Å². The van der Waals surface area contributed by atoms with Crippen LogP contribution in [0.3, 0.4) is 0 Å². The summed E-state index contributed by atoms with van der Waals surface area (Å²) in [5.74, 6) is -0.348. The highest BCUT2D eigenvalue weighted by Crippen LogP contribution is 2.17. The number of hydrogen-bond acceptors (Lipinski definition) is 4. The summed E-state index contributed by atoms with van der Waals surface area (Å²) >= 11 is 5.60. The molecule has 0 aliphatic rings. The number of rotatable bonds is 3. The van der Waals surface area contributed by atoms with E-state index in [1.165, 1.54) is 11.5 Å². The van der Waals surface area contributed by atoms with Gasteiger partial charge in [0.05, 0.1) is 12.1 Å². The molecule has 0 saturated carbocycles. The average molecular weight is 219 g/mol. The Morgan fingerprint density at radius 1 is 1.93 bits per heavy atom. The normalized spacial score (nSPS) is 11.7. The highest BCUT2D eigenvalue weighted by atomic mass is 35.5. The van der Waals surface area contributed by atoms with Gasteiger partial charge in [-0.25, -0.2) is 0 Å². The summed E-state index contributed by atoms with van der Waals surface area (Å²) in [5, 5.41) is 19.6. The Bertz CT molecular complexity index is 356. The lowest BCUT2D eigenvalue weighted by Crippen LogP contribution is -2.26. The molecule has 1 rings (SSSR count).